The minimum absolute atomic E-state index is 0.244. The van der Waals surface area contributed by atoms with E-state index in [0.717, 1.165) is 33.4 Å². The molecule has 0 spiro atoms. The van der Waals surface area contributed by atoms with Gasteiger partial charge >= 0.3 is 6.03 Å². The number of nitrogens with zero attached hydrogens (tertiary/aromatic N) is 2. The van der Waals surface area contributed by atoms with Crippen LogP contribution in [0.25, 0.3) is 16.3 Å². The third kappa shape index (κ3) is 4.14. The van der Waals surface area contributed by atoms with Crippen molar-refractivity contribution < 1.29 is 19.1 Å². The van der Waals surface area contributed by atoms with Crippen molar-refractivity contribution in [1.82, 2.24) is 15.1 Å². The number of fused-ring (bicyclic) bond motifs is 1. The van der Waals surface area contributed by atoms with Gasteiger partial charge in [0.1, 0.15) is 17.8 Å². The number of rotatable bonds is 5. The predicted octanol–water partition coefficient (Wildman–Crippen LogP) is 3.93. The lowest BCUT2D eigenvalue weighted by Gasteiger charge is -2.28. The van der Waals surface area contributed by atoms with Crippen LogP contribution >= 0.6 is 0 Å². The quantitative estimate of drug-likeness (QED) is 0.575. The standard InChI is InChI=1S/C28H27N3O4/c1-28(23-10-8-22-17-24(35-2)11-9-21(22)16-23)26(33)31(27(34)29-28)18-25(32)30-14-12-20(13-15-30)19-6-4-3-5-7-19/h3-12,16-17H,13-15,18H2,1-2H3,(H,29,34)/t28-/m0/s1. The van der Waals surface area contributed by atoms with Crippen molar-refractivity contribution in [3.8, 4) is 5.75 Å². The topological polar surface area (TPSA) is 79.0 Å². The van der Waals surface area contributed by atoms with Gasteiger partial charge in [0.25, 0.3) is 5.91 Å². The fraction of sp³-hybridized carbons (Fsp3) is 0.250. The first-order valence-corrected chi connectivity index (χ1v) is 11.6. The maximum absolute atomic E-state index is 13.4. The molecule has 2 aliphatic rings. The van der Waals surface area contributed by atoms with Crippen LogP contribution in [0.3, 0.4) is 0 Å². The Hall–Kier alpha value is -4.13. The highest BCUT2D eigenvalue weighted by Gasteiger charge is 2.49. The van der Waals surface area contributed by atoms with Gasteiger partial charge in [-0.05, 0) is 59.0 Å². The fourth-order valence-corrected chi connectivity index (χ4v) is 4.74. The van der Waals surface area contributed by atoms with E-state index in [0.29, 0.717) is 18.7 Å². The van der Waals surface area contributed by atoms with Crippen molar-refractivity contribution in [2.45, 2.75) is 18.9 Å². The first-order valence-electron chi connectivity index (χ1n) is 11.6. The molecule has 4 amide bonds. The molecule has 7 heteroatoms. The molecule has 0 aliphatic carbocycles. The number of urea groups is 1. The zero-order chi connectivity index (χ0) is 24.6. The number of carbonyl (C=O) groups is 3. The molecule has 35 heavy (non-hydrogen) atoms. The Morgan fingerprint density at radius 3 is 2.49 bits per heavy atom. The Kier molecular flexibility index (Phi) is 5.76. The summed E-state index contributed by atoms with van der Waals surface area (Å²) in [6.45, 7) is 2.41. The Bertz CT molecular complexity index is 1350. The molecule has 5 rings (SSSR count). The van der Waals surface area contributed by atoms with E-state index in [4.69, 9.17) is 4.74 Å². The van der Waals surface area contributed by atoms with Gasteiger partial charge in [-0.3, -0.25) is 14.5 Å². The first kappa shape index (κ1) is 22.7. The second-order valence-corrected chi connectivity index (χ2v) is 9.06. The number of carbonyl (C=O) groups excluding carboxylic acids is 3. The zero-order valence-corrected chi connectivity index (χ0v) is 19.8. The maximum atomic E-state index is 13.4. The molecule has 0 radical (unpaired) electrons. The molecule has 1 saturated heterocycles. The van der Waals surface area contributed by atoms with Crippen LogP contribution in [-0.2, 0) is 15.1 Å². The summed E-state index contributed by atoms with van der Waals surface area (Å²) >= 11 is 0. The lowest BCUT2D eigenvalue weighted by atomic mass is 9.90. The number of amides is 4. The minimum atomic E-state index is -1.24. The molecule has 1 fully saturated rings. The Labute approximate surface area is 204 Å². The van der Waals surface area contributed by atoms with Crippen LogP contribution in [0.5, 0.6) is 5.75 Å². The third-order valence-electron chi connectivity index (χ3n) is 6.90. The van der Waals surface area contributed by atoms with Crippen molar-refractivity contribution in [3.05, 3.63) is 83.9 Å². The van der Waals surface area contributed by atoms with Crippen molar-refractivity contribution in [2.75, 3.05) is 26.7 Å². The number of hydrogen-bond acceptors (Lipinski definition) is 4. The second-order valence-electron chi connectivity index (χ2n) is 9.06. The number of methoxy groups -OCH3 is 1. The molecule has 0 aromatic heterocycles. The van der Waals surface area contributed by atoms with Crippen LogP contribution in [-0.4, -0.2) is 54.4 Å². The molecule has 0 unspecified atom stereocenters. The van der Waals surface area contributed by atoms with Crippen LogP contribution in [0.1, 0.15) is 24.5 Å². The monoisotopic (exact) mass is 469 g/mol. The molecular weight excluding hydrogens is 442 g/mol. The van der Waals surface area contributed by atoms with Gasteiger partial charge in [-0.25, -0.2) is 4.79 Å². The smallest absolute Gasteiger partial charge is 0.325 e. The van der Waals surface area contributed by atoms with Crippen molar-refractivity contribution in [3.63, 3.8) is 0 Å². The van der Waals surface area contributed by atoms with E-state index in [1.165, 1.54) is 5.57 Å². The van der Waals surface area contributed by atoms with Crippen LogP contribution in [0.15, 0.2) is 72.8 Å². The highest BCUT2D eigenvalue weighted by atomic mass is 16.5. The highest BCUT2D eigenvalue weighted by molar-refractivity contribution is 6.09. The molecule has 0 bridgehead atoms. The van der Waals surface area contributed by atoms with Crippen LogP contribution in [0.2, 0.25) is 0 Å². The van der Waals surface area contributed by atoms with Crippen molar-refractivity contribution in [1.29, 1.82) is 0 Å². The molecule has 3 aromatic rings. The molecular formula is C28H27N3O4. The summed E-state index contributed by atoms with van der Waals surface area (Å²) < 4.78 is 5.28. The minimum Gasteiger partial charge on any atom is -0.497 e. The molecule has 2 heterocycles. The predicted molar refractivity (Wildman–Crippen MR) is 134 cm³/mol. The lowest BCUT2D eigenvalue weighted by Crippen LogP contribution is -2.45. The third-order valence-corrected chi connectivity index (χ3v) is 6.90. The summed E-state index contributed by atoms with van der Waals surface area (Å²) in [5.74, 6) is 0.0720. The van der Waals surface area contributed by atoms with E-state index in [9.17, 15) is 14.4 Å². The SMILES string of the molecule is COc1ccc2cc([C@]3(C)NC(=O)N(CC(=O)N4CC=C(c5ccccc5)CC4)C3=O)ccc2c1. The molecule has 0 saturated carbocycles. The number of hydrogen-bond donors (Lipinski definition) is 1. The highest BCUT2D eigenvalue weighted by Crippen LogP contribution is 2.32. The number of benzene rings is 3. The van der Waals surface area contributed by atoms with Gasteiger partial charge < -0.3 is 15.0 Å². The van der Waals surface area contributed by atoms with Crippen LogP contribution in [0.4, 0.5) is 4.79 Å². The average molecular weight is 470 g/mol. The normalized spacial score (nSPS) is 20.1. The largest absolute Gasteiger partial charge is 0.497 e. The summed E-state index contributed by atoms with van der Waals surface area (Å²) in [6, 6.07) is 20.8. The Morgan fingerprint density at radius 1 is 1.03 bits per heavy atom. The molecule has 7 nitrogen and oxygen atoms in total. The molecule has 1 atom stereocenters. The average Bonchev–Trinajstić information content (AvgIpc) is 3.12. The maximum Gasteiger partial charge on any atom is 0.325 e. The number of nitrogens with one attached hydrogen (secondary N) is 1. The molecule has 2 aliphatic heterocycles. The fourth-order valence-electron chi connectivity index (χ4n) is 4.74. The lowest BCUT2D eigenvalue weighted by molar-refractivity contribution is -0.138. The molecule has 3 aromatic carbocycles. The Balaban J connectivity index is 1.30. The van der Waals surface area contributed by atoms with E-state index < -0.39 is 17.5 Å². The van der Waals surface area contributed by atoms with Gasteiger partial charge in [0.05, 0.1) is 7.11 Å². The summed E-state index contributed by atoms with van der Waals surface area (Å²) in [5.41, 5.74) is 1.77. The van der Waals surface area contributed by atoms with Crippen molar-refractivity contribution in [2.24, 2.45) is 0 Å². The first-order chi connectivity index (χ1) is 16.9. The second kappa shape index (κ2) is 8.91. The van der Waals surface area contributed by atoms with E-state index >= 15 is 0 Å². The van der Waals surface area contributed by atoms with Crippen molar-refractivity contribution >= 4 is 34.2 Å². The van der Waals surface area contributed by atoms with Gasteiger partial charge in [0.2, 0.25) is 5.91 Å². The molecule has 178 valence electrons. The van der Waals surface area contributed by atoms with E-state index in [2.05, 4.69) is 17.4 Å². The van der Waals surface area contributed by atoms with Gasteiger partial charge in [-0.15, -0.1) is 0 Å². The Morgan fingerprint density at radius 2 is 1.77 bits per heavy atom. The summed E-state index contributed by atoms with van der Waals surface area (Å²) in [6.07, 6.45) is 2.77. The number of ether oxygens (including phenoxy) is 1. The van der Waals surface area contributed by atoms with Gasteiger partial charge in [-0.2, -0.15) is 0 Å². The van der Waals surface area contributed by atoms with Crippen LogP contribution in [0, 0.1) is 0 Å². The van der Waals surface area contributed by atoms with Crippen LogP contribution < -0.4 is 10.1 Å². The summed E-state index contributed by atoms with van der Waals surface area (Å²) in [5, 5.41) is 4.69. The van der Waals surface area contributed by atoms with E-state index in [1.54, 1.807) is 18.9 Å². The summed E-state index contributed by atoms with van der Waals surface area (Å²) in [4.78, 5) is 41.8. The van der Waals surface area contributed by atoms with E-state index in [-0.39, 0.29) is 12.5 Å². The van der Waals surface area contributed by atoms with Gasteiger partial charge in [0.15, 0.2) is 0 Å². The number of imide groups is 1. The zero-order valence-electron chi connectivity index (χ0n) is 19.8. The van der Waals surface area contributed by atoms with Gasteiger partial charge in [0, 0.05) is 13.1 Å². The molecule has 1 N–H and O–H groups in total. The van der Waals surface area contributed by atoms with Gasteiger partial charge in [-0.1, -0.05) is 54.6 Å². The van der Waals surface area contributed by atoms with E-state index in [1.807, 2.05) is 60.7 Å². The summed E-state index contributed by atoms with van der Waals surface area (Å²) in [7, 11) is 1.61.